The minimum Gasteiger partial charge on any atom is -0.507 e. The summed E-state index contributed by atoms with van der Waals surface area (Å²) in [6, 6.07) is 2.61. The summed E-state index contributed by atoms with van der Waals surface area (Å²) in [4.78, 5) is 36.3. The average Bonchev–Trinajstić information content (AvgIpc) is 2.99. The summed E-state index contributed by atoms with van der Waals surface area (Å²) in [5, 5.41) is 19.2. The molecule has 0 aliphatic carbocycles. The van der Waals surface area contributed by atoms with Crippen LogP contribution in [0, 0.1) is 0 Å². The number of aliphatic hydroxyl groups is 1. The van der Waals surface area contributed by atoms with Gasteiger partial charge in [-0.15, -0.1) is 0 Å². The third-order valence-corrected chi connectivity index (χ3v) is 4.25. The predicted octanol–water partition coefficient (Wildman–Crippen LogP) is 0.467. The monoisotopic (exact) mass is 336 g/mol. The van der Waals surface area contributed by atoms with Crippen LogP contribution < -0.4 is 4.74 Å². The molecule has 2 heterocycles. The Morgan fingerprint density at radius 2 is 2.17 bits per heavy atom. The zero-order chi connectivity index (χ0) is 17.5. The van der Waals surface area contributed by atoms with Crippen molar-refractivity contribution in [1.82, 2.24) is 0 Å². The normalized spacial score (nSPS) is 25.7. The molecule has 8 nitrogen and oxygen atoms in total. The van der Waals surface area contributed by atoms with Gasteiger partial charge < -0.3 is 24.4 Å². The van der Waals surface area contributed by atoms with E-state index in [0.29, 0.717) is 5.56 Å². The van der Waals surface area contributed by atoms with E-state index in [9.17, 15) is 24.6 Å². The van der Waals surface area contributed by atoms with Crippen LogP contribution >= 0.6 is 0 Å². The highest BCUT2D eigenvalue weighted by Crippen LogP contribution is 2.43. The molecule has 1 fully saturated rings. The van der Waals surface area contributed by atoms with Gasteiger partial charge in [-0.25, -0.2) is 4.79 Å². The van der Waals surface area contributed by atoms with Gasteiger partial charge in [-0.1, -0.05) is 0 Å². The number of ether oxygens (including phenoxy) is 3. The van der Waals surface area contributed by atoms with Gasteiger partial charge >= 0.3 is 11.9 Å². The Morgan fingerprint density at radius 3 is 2.75 bits per heavy atom. The number of benzene rings is 1. The molecule has 128 valence electrons. The Labute approximate surface area is 136 Å². The van der Waals surface area contributed by atoms with E-state index < -0.39 is 35.8 Å². The lowest BCUT2D eigenvalue weighted by atomic mass is 9.83. The first-order chi connectivity index (χ1) is 11.4. The molecule has 0 saturated carbocycles. The molecule has 0 aromatic heterocycles. The Bertz CT molecular complexity index is 725. The summed E-state index contributed by atoms with van der Waals surface area (Å²) in [6.45, 7) is -0.387. The zero-order valence-corrected chi connectivity index (χ0v) is 12.9. The van der Waals surface area contributed by atoms with Crippen LogP contribution in [0.5, 0.6) is 11.5 Å². The van der Waals surface area contributed by atoms with Gasteiger partial charge in [0.15, 0.2) is 11.9 Å². The van der Waals surface area contributed by atoms with Crippen molar-refractivity contribution in [2.45, 2.75) is 37.6 Å². The molecule has 2 atom stereocenters. The number of hydrogen-bond acceptors (Lipinski definition) is 8. The predicted molar refractivity (Wildman–Crippen MR) is 77.5 cm³/mol. The number of aliphatic hydroxyl groups excluding tert-OH is 1. The number of methoxy groups -OCH3 is 1. The van der Waals surface area contributed by atoms with Gasteiger partial charge in [-0.2, -0.15) is 0 Å². The fourth-order valence-electron chi connectivity index (χ4n) is 3.12. The molecule has 0 spiro atoms. The third kappa shape index (κ3) is 2.39. The number of carbonyl (C=O) groups is 3. The molecule has 24 heavy (non-hydrogen) atoms. The summed E-state index contributed by atoms with van der Waals surface area (Å²) >= 11 is 0. The second-order valence-corrected chi connectivity index (χ2v) is 5.75. The number of hydrogen-bond donors (Lipinski definition) is 2. The lowest BCUT2D eigenvalue weighted by Gasteiger charge is -2.38. The number of fused-ring (bicyclic) bond motifs is 1. The number of ketones is 1. The average molecular weight is 336 g/mol. The first-order valence-electron chi connectivity index (χ1n) is 7.38. The number of phenolic OH excluding ortho intramolecular Hbond substituents is 1. The van der Waals surface area contributed by atoms with Gasteiger partial charge in [0.25, 0.3) is 0 Å². The number of phenols is 1. The Balaban J connectivity index is 2.10. The highest BCUT2D eigenvalue weighted by atomic mass is 16.6. The van der Waals surface area contributed by atoms with Gasteiger partial charge in [0, 0.05) is 6.42 Å². The van der Waals surface area contributed by atoms with E-state index in [4.69, 9.17) is 14.2 Å². The molecule has 1 aromatic carbocycles. The topological polar surface area (TPSA) is 119 Å². The molecule has 0 radical (unpaired) electrons. The SMILES string of the molecule is COC(=O)C1(C2CCC(=O)O2)CC(=O)c2c(O)cc(CO)cc2O1. The van der Waals surface area contributed by atoms with Crippen LogP contribution in [-0.4, -0.2) is 46.7 Å². The molecule has 1 aromatic rings. The molecular weight excluding hydrogens is 320 g/mol. The van der Waals surface area contributed by atoms with E-state index in [-0.39, 0.29) is 36.5 Å². The highest BCUT2D eigenvalue weighted by molar-refractivity contribution is 6.06. The number of aromatic hydroxyl groups is 1. The zero-order valence-electron chi connectivity index (χ0n) is 12.9. The second-order valence-electron chi connectivity index (χ2n) is 5.75. The first-order valence-corrected chi connectivity index (χ1v) is 7.38. The minimum atomic E-state index is -1.80. The molecule has 3 rings (SSSR count). The van der Waals surface area contributed by atoms with Gasteiger partial charge in [-0.05, 0) is 24.1 Å². The van der Waals surface area contributed by atoms with Crippen LogP contribution in [0.3, 0.4) is 0 Å². The van der Waals surface area contributed by atoms with E-state index in [1.165, 1.54) is 12.1 Å². The van der Waals surface area contributed by atoms with E-state index in [2.05, 4.69) is 0 Å². The van der Waals surface area contributed by atoms with Crippen molar-refractivity contribution < 1.29 is 38.8 Å². The molecular formula is C16H16O8. The maximum absolute atomic E-state index is 12.5. The molecule has 2 aliphatic heterocycles. The largest absolute Gasteiger partial charge is 0.507 e. The standard InChI is InChI=1S/C16H16O8/c1-22-15(21)16(12-2-3-13(20)23-12)6-10(19)14-9(18)4-8(7-17)5-11(14)24-16/h4-5,12,17-18H,2-3,6-7H2,1H3. The summed E-state index contributed by atoms with van der Waals surface area (Å²) in [5.41, 5.74) is -1.56. The van der Waals surface area contributed by atoms with Crippen LogP contribution in [0.2, 0.25) is 0 Å². The van der Waals surface area contributed by atoms with Crippen LogP contribution in [0.1, 0.15) is 35.2 Å². The van der Waals surface area contributed by atoms with E-state index >= 15 is 0 Å². The molecule has 2 N–H and O–H groups in total. The third-order valence-electron chi connectivity index (χ3n) is 4.25. The van der Waals surface area contributed by atoms with Crippen molar-refractivity contribution in [3.05, 3.63) is 23.3 Å². The molecule has 2 unspecified atom stereocenters. The molecule has 8 heteroatoms. The Morgan fingerprint density at radius 1 is 1.42 bits per heavy atom. The van der Waals surface area contributed by atoms with E-state index in [1.54, 1.807) is 0 Å². The summed E-state index contributed by atoms with van der Waals surface area (Å²) in [5.74, 6) is -2.26. The minimum absolute atomic E-state index is 0.0522. The molecule has 2 aliphatic rings. The van der Waals surface area contributed by atoms with Crippen LogP contribution in [0.25, 0.3) is 0 Å². The summed E-state index contributed by atoms with van der Waals surface area (Å²) in [6.07, 6.45) is -1.07. The van der Waals surface area contributed by atoms with Crippen molar-refractivity contribution in [1.29, 1.82) is 0 Å². The quantitative estimate of drug-likeness (QED) is 0.764. The fourth-order valence-corrected chi connectivity index (χ4v) is 3.12. The van der Waals surface area contributed by atoms with E-state index in [1.807, 2.05) is 0 Å². The van der Waals surface area contributed by atoms with E-state index in [0.717, 1.165) is 7.11 Å². The maximum atomic E-state index is 12.5. The Hall–Kier alpha value is -2.61. The van der Waals surface area contributed by atoms with Gasteiger partial charge in [0.1, 0.15) is 17.1 Å². The lowest BCUT2D eigenvalue weighted by Crippen LogP contribution is -2.58. The molecule has 1 saturated heterocycles. The van der Waals surface area contributed by atoms with Crippen molar-refractivity contribution in [3.8, 4) is 11.5 Å². The highest BCUT2D eigenvalue weighted by Gasteiger charge is 2.57. The van der Waals surface area contributed by atoms with Crippen molar-refractivity contribution in [2.24, 2.45) is 0 Å². The van der Waals surface area contributed by atoms with Gasteiger partial charge in [0.2, 0.25) is 5.60 Å². The number of esters is 2. The first kappa shape index (κ1) is 16.3. The van der Waals surface area contributed by atoms with Crippen molar-refractivity contribution >= 4 is 17.7 Å². The smallest absolute Gasteiger partial charge is 0.354 e. The fraction of sp³-hybridized carbons (Fsp3) is 0.438. The number of cyclic esters (lactones) is 1. The van der Waals surface area contributed by atoms with Crippen molar-refractivity contribution in [3.63, 3.8) is 0 Å². The Kier molecular flexibility index (Phi) is 3.92. The second kappa shape index (κ2) is 5.79. The number of carbonyl (C=O) groups excluding carboxylic acids is 3. The van der Waals surface area contributed by atoms with Crippen LogP contribution in [0.4, 0.5) is 0 Å². The van der Waals surface area contributed by atoms with Crippen molar-refractivity contribution in [2.75, 3.05) is 7.11 Å². The van der Waals surface area contributed by atoms with Gasteiger partial charge in [-0.3, -0.25) is 9.59 Å². The molecule has 0 amide bonds. The van der Waals surface area contributed by atoms with Crippen LogP contribution in [0.15, 0.2) is 12.1 Å². The van der Waals surface area contributed by atoms with Crippen LogP contribution in [-0.2, 0) is 25.7 Å². The lowest BCUT2D eigenvalue weighted by molar-refractivity contribution is -0.175. The maximum Gasteiger partial charge on any atom is 0.354 e. The summed E-state index contributed by atoms with van der Waals surface area (Å²) < 4.78 is 15.7. The van der Waals surface area contributed by atoms with Gasteiger partial charge in [0.05, 0.1) is 20.1 Å². The number of Topliss-reactive ketones (excluding diaryl/α,β-unsaturated/α-hetero) is 1. The number of rotatable bonds is 3. The summed E-state index contributed by atoms with van der Waals surface area (Å²) in [7, 11) is 1.14. The molecule has 0 bridgehead atoms.